The molecule has 2 amide bonds. The van der Waals surface area contributed by atoms with Crippen LogP contribution in [-0.4, -0.2) is 43.8 Å². The van der Waals surface area contributed by atoms with E-state index in [1.54, 1.807) is 12.1 Å². The first-order valence-corrected chi connectivity index (χ1v) is 16.0. The Morgan fingerprint density at radius 2 is 1.62 bits per heavy atom. The molecule has 224 valence electrons. The lowest BCUT2D eigenvalue weighted by atomic mass is 9.95. The molecule has 3 aromatic carbocycles. The summed E-state index contributed by atoms with van der Waals surface area (Å²) in [6, 6.07) is 18.5. The molecule has 0 spiro atoms. The van der Waals surface area contributed by atoms with Gasteiger partial charge in [-0.15, -0.1) is 0 Å². The number of hydrogen-bond acceptors (Lipinski definition) is 4. The highest BCUT2D eigenvalue weighted by Gasteiger charge is 2.35. The number of halogens is 1. The average Bonchev–Trinajstić information content (AvgIpc) is 2.97. The van der Waals surface area contributed by atoms with E-state index in [1.165, 1.54) is 35.2 Å². The number of nitrogens with one attached hydrogen (secondary N) is 1. The van der Waals surface area contributed by atoms with Gasteiger partial charge in [-0.1, -0.05) is 85.8 Å². The maximum Gasteiger partial charge on any atom is 0.264 e. The van der Waals surface area contributed by atoms with Gasteiger partial charge in [0.15, 0.2) is 0 Å². The van der Waals surface area contributed by atoms with Gasteiger partial charge in [-0.3, -0.25) is 13.9 Å². The number of rotatable bonds is 11. The smallest absolute Gasteiger partial charge is 0.264 e. The van der Waals surface area contributed by atoms with Crippen molar-refractivity contribution in [2.24, 2.45) is 0 Å². The molecule has 1 aliphatic rings. The summed E-state index contributed by atoms with van der Waals surface area (Å²) >= 11 is 0. The third kappa shape index (κ3) is 7.56. The third-order valence-corrected chi connectivity index (χ3v) is 9.56. The fourth-order valence-corrected chi connectivity index (χ4v) is 6.90. The number of anilines is 1. The van der Waals surface area contributed by atoms with Crippen LogP contribution in [0.4, 0.5) is 10.1 Å². The monoisotopic (exact) mass is 593 g/mol. The topological polar surface area (TPSA) is 86.8 Å². The van der Waals surface area contributed by atoms with Gasteiger partial charge in [0, 0.05) is 12.6 Å². The lowest BCUT2D eigenvalue weighted by Crippen LogP contribution is -2.54. The van der Waals surface area contributed by atoms with E-state index < -0.39 is 34.3 Å². The van der Waals surface area contributed by atoms with Crippen molar-refractivity contribution in [1.29, 1.82) is 0 Å². The van der Waals surface area contributed by atoms with Gasteiger partial charge in [0.25, 0.3) is 10.0 Å². The number of aryl methyl sites for hydroxylation is 2. The molecule has 0 heterocycles. The fraction of sp³-hybridized carbons (Fsp3) is 0.394. The average molecular weight is 594 g/mol. The summed E-state index contributed by atoms with van der Waals surface area (Å²) < 4.78 is 43.7. The molecular formula is C33H40FN3O4S. The summed E-state index contributed by atoms with van der Waals surface area (Å²) in [4.78, 5) is 29.2. The van der Waals surface area contributed by atoms with E-state index in [0.29, 0.717) is 6.42 Å². The standard InChI is InChI=1S/C33H40FN3O4S/c1-4-30(33(39)35-27-13-6-5-7-14-27)36(22-26-12-10-11-25(3)21-26)32(38)23-37(31-16-9-8-15-29(31)34)42(40,41)28-19-17-24(2)18-20-28/h8-12,15-21,27,30H,4-7,13-14,22-23H2,1-3H3,(H,35,39). The molecule has 0 radical (unpaired) electrons. The maximum absolute atomic E-state index is 15.1. The number of nitrogens with zero attached hydrogens (tertiary/aromatic N) is 2. The number of hydrogen-bond donors (Lipinski definition) is 1. The molecule has 4 rings (SSSR count). The quantitative estimate of drug-likeness (QED) is 0.300. The second-order valence-electron chi connectivity index (χ2n) is 11.1. The van der Waals surface area contributed by atoms with E-state index in [-0.39, 0.29) is 29.1 Å². The van der Waals surface area contributed by atoms with Crippen LogP contribution in [-0.2, 0) is 26.2 Å². The molecule has 42 heavy (non-hydrogen) atoms. The molecular weight excluding hydrogens is 553 g/mol. The van der Waals surface area contributed by atoms with Gasteiger partial charge in [-0.25, -0.2) is 12.8 Å². The Kier molecular flexibility index (Phi) is 10.4. The Morgan fingerprint density at radius 1 is 0.929 bits per heavy atom. The number of benzene rings is 3. The normalized spacial score (nSPS) is 14.7. The van der Waals surface area contributed by atoms with E-state index in [0.717, 1.165) is 59.2 Å². The van der Waals surface area contributed by atoms with Gasteiger partial charge in [-0.05, 0) is 62.9 Å². The zero-order valence-electron chi connectivity index (χ0n) is 24.6. The second-order valence-corrected chi connectivity index (χ2v) is 12.9. The van der Waals surface area contributed by atoms with Crippen molar-refractivity contribution in [1.82, 2.24) is 10.2 Å². The number of carbonyl (C=O) groups excluding carboxylic acids is 2. The molecule has 1 unspecified atom stereocenters. The first-order valence-electron chi connectivity index (χ1n) is 14.6. The Balaban J connectivity index is 1.71. The molecule has 3 aromatic rings. The van der Waals surface area contributed by atoms with Gasteiger partial charge >= 0.3 is 0 Å². The largest absolute Gasteiger partial charge is 0.352 e. The number of sulfonamides is 1. The minimum atomic E-state index is -4.33. The van der Waals surface area contributed by atoms with Crippen molar-refractivity contribution < 1.29 is 22.4 Å². The van der Waals surface area contributed by atoms with Crippen molar-refractivity contribution in [2.75, 3.05) is 10.8 Å². The predicted octanol–water partition coefficient (Wildman–Crippen LogP) is 5.89. The Morgan fingerprint density at radius 3 is 2.26 bits per heavy atom. The lowest BCUT2D eigenvalue weighted by Gasteiger charge is -2.34. The van der Waals surface area contributed by atoms with Crippen LogP contribution in [0.2, 0.25) is 0 Å². The van der Waals surface area contributed by atoms with Crippen LogP contribution in [0, 0.1) is 19.7 Å². The SMILES string of the molecule is CCC(C(=O)NC1CCCCC1)N(Cc1cccc(C)c1)C(=O)CN(c1ccccc1F)S(=O)(=O)c1ccc(C)cc1. The van der Waals surface area contributed by atoms with Gasteiger partial charge in [-0.2, -0.15) is 0 Å². The fourth-order valence-electron chi connectivity index (χ4n) is 5.48. The van der Waals surface area contributed by atoms with E-state index in [2.05, 4.69) is 5.32 Å². The minimum absolute atomic E-state index is 0.0491. The summed E-state index contributed by atoms with van der Waals surface area (Å²) in [7, 11) is -4.33. The van der Waals surface area contributed by atoms with Gasteiger partial charge < -0.3 is 10.2 Å². The van der Waals surface area contributed by atoms with Crippen LogP contribution >= 0.6 is 0 Å². The maximum atomic E-state index is 15.1. The van der Waals surface area contributed by atoms with Crippen molar-refractivity contribution >= 4 is 27.5 Å². The van der Waals surface area contributed by atoms with Crippen LogP contribution in [0.5, 0.6) is 0 Å². The lowest BCUT2D eigenvalue weighted by molar-refractivity contribution is -0.140. The summed E-state index contributed by atoms with van der Waals surface area (Å²) in [5.74, 6) is -1.63. The molecule has 1 fully saturated rings. The molecule has 1 aliphatic carbocycles. The highest BCUT2D eigenvalue weighted by Crippen LogP contribution is 2.27. The molecule has 1 saturated carbocycles. The highest BCUT2D eigenvalue weighted by molar-refractivity contribution is 7.92. The molecule has 0 bridgehead atoms. The minimum Gasteiger partial charge on any atom is -0.352 e. The van der Waals surface area contributed by atoms with E-state index >= 15 is 4.39 Å². The zero-order chi connectivity index (χ0) is 30.3. The number of carbonyl (C=O) groups is 2. The summed E-state index contributed by atoms with van der Waals surface area (Å²) in [5.41, 5.74) is 2.43. The Bertz CT molecular complexity index is 1490. The number of para-hydroxylation sites is 1. The van der Waals surface area contributed by atoms with Crippen molar-refractivity contribution in [3.8, 4) is 0 Å². The summed E-state index contributed by atoms with van der Waals surface area (Å²) in [6.45, 7) is 5.04. The third-order valence-electron chi connectivity index (χ3n) is 7.78. The van der Waals surface area contributed by atoms with E-state index in [9.17, 15) is 18.0 Å². The molecule has 0 aliphatic heterocycles. The van der Waals surface area contributed by atoms with Crippen LogP contribution in [0.3, 0.4) is 0 Å². The first kappa shape index (κ1) is 31.2. The van der Waals surface area contributed by atoms with Crippen molar-refractivity contribution in [2.45, 2.75) is 82.8 Å². The predicted molar refractivity (Wildman–Crippen MR) is 163 cm³/mol. The Labute approximate surface area is 248 Å². The second kappa shape index (κ2) is 14.0. The molecule has 1 atom stereocenters. The van der Waals surface area contributed by atoms with Crippen molar-refractivity contribution in [3.05, 3.63) is 95.3 Å². The first-order chi connectivity index (χ1) is 20.1. The molecule has 0 aromatic heterocycles. The molecule has 9 heteroatoms. The molecule has 1 N–H and O–H groups in total. The van der Waals surface area contributed by atoms with Crippen LogP contribution < -0.4 is 9.62 Å². The van der Waals surface area contributed by atoms with E-state index in [1.807, 2.05) is 45.0 Å². The molecule has 7 nitrogen and oxygen atoms in total. The van der Waals surface area contributed by atoms with Gasteiger partial charge in [0.2, 0.25) is 11.8 Å². The number of amides is 2. The van der Waals surface area contributed by atoms with Gasteiger partial charge in [0.1, 0.15) is 18.4 Å². The summed E-state index contributed by atoms with van der Waals surface area (Å²) in [5, 5.41) is 3.13. The van der Waals surface area contributed by atoms with Crippen LogP contribution in [0.25, 0.3) is 0 Å². The van der Waals surface area contributed by atoms with Gasteiger partial charge in [0.05, 0.1) is 10.6 Å². The van der Waals surface area contributed by atoms with Crippen LogP contribution in [0.15, 0.2) is 77.7 Å². The van der Waals surface area contributed by atoms with E-state index in [4.69, 9.17) is 0 Å². The van der Waals surface area contributed by atoms with Crippen LogP contribution in [0.1, 0.15) is 62.1 Å². The highest BCUT2D eigenvalue weighted by atomic mass is 32.2. The summed E-state index contributed by atoms with van der Waals surface area (Å²) in [6.07, 6.45) is 5.35. The molecule has 0 saturated heterocycles. The Hall–Kier alpha value is -3.72. The zero-order valence-corrected chi connectivity index (χ0v) is 25.4. The van der Waals surface area contributed by atoms with Crippen molar-refractivity contribution in [3.63, 3.8) is 0 Å².